The fourth-order valence-corrected chi connectivity index (χ4v) is 6.94. The molecule has 0 aromatic carbocycles. The Morgan fingerprint density at radius 2 is 0.921 bits per heavy atom. The summed E-state index contributed by atoms with van der Waals surface area (Å²) < 4.78 is 33.4. The van der Waals surface area contributed by atoms with Crippen LogP contribution >= 0.6 is 7.82 Å². The molecule has 8 atom stereocenters. The first-order valence-corrected chi connectivity index (χ1v) is 24.2. The average Bonchev–Trinajstić information content (AvgIpc) is 3.26. The number of allylic oxidation sites excluding steroid dienone is 18. The molecule has 1 aliphatic carbocycles. The fraction of sp³-hybridized carbons (Fsp3) is 0.592. The van der Waals surface area contributed by atoms with Crippen LogP contribution in [0.15, 0.2) is 109 Å². The third kappa shape index (κ3) is 30.3. The summed E-state index contributed by atoms with van der Waals surface area (Å²) in [5.41, 5.74) is 0. The second kappa shape index (κ2) is 37.8. The molecule has 0 bridgehead atoms. The molecule has 0 amide bonds. The molecule has 0 heterocycles. The molecule has 0 radical (unpaired) electrons. The number of carbonyl (C=O) groups is 2. The van der Waals surface area contributed by atoms with Gasteiger partial charge in [-0.1, -0.05) is 136 Å². The minimum atomic E-state index is -5.15. The number of phosphoric ester groups is 1. The molecule has 1 rings (SSSR count). The third-order valence-corrected chi connectivity index (χ3v) is 10.6. The van der Waals surface area contributed by atoms with E-state index < -0.39 is 75.7 Å². The zero-order chi connectivity index (χ0) is 46.4. The Hall–Kier alpha value is -3.49. The summed E-state index contributed by atoms with van der Waals surface area (Å²) in [6.45, 7) is 3.04. The van der Waals surface area contributed by atoms with Crippen molar-refractivity contribution >= 4 is 19.8 Å². The molecule has 63 heavy (non-hydrogen) atoms. The predicted octanol–water partition coefficient (Wildman–Crippen LogP) is 8.83. The van der Waals surface area contributed by atoms with Crippen LogP contribution in [0.5, 0.6) is 0 Å². The number of carbonyl (C=O) groups excluding carboxylic acids is 2. The maximum atomic E-state index is 12.8. The lowest BCUT2D eigenvalue weighted by molar-refractivity contribution is -0.220. The van der Waals surface area contributed by atoms with Crippen molar-refractivity contribution in [3.05, 3.63) is 109 Å². The van der Waals surface area contributed by atoms with Crippen molar-refractivity contribution in [2.24, 2.45) is 0 Å². The number of unbranched alkanes of at least 4 members (excludes halogenated alkanes) is 5. The van der Waals surface area contributed by atoms with E-state index in [9.17, 15) is 44.6 Å². The van der Waals surface area contributed by atoms with Crippen LogP contribution < -0.4 is 0 Å². The summed E-state index contributed by atoms with van der Waals surface area (Å²) in [5.74, 6) is -1.26. The van der Waals surface area contributed by atoms with Crippen LogP contribution in [0.2, 0.25) is 0 Å². The number of phosphoric acid groups is 1. The minimum absolute atomic E-state index is 0.0437. The lowest BCUT2D eigenvalue weighted by Crippen LogP contribution is -2.64. The lowest BCUT2D eigenvalue weighted by atomic mass is 9.85. The predicted molar refractivity (Wildman–Crippen MR) is 248 cm³/mol. The van der Waals surface area contributed by atoms with Crippen molar-refractivity contribution in [3.63, 3.8) is 0 Å². The molecule has 6 N–H and O–H groups in total. The van der Waals surface area contributed by atoms with Gasteiger partial charge in [0.1, 0.15) is 43.2 Å². The molecule has 1 saturated carbocycles. The van der Waals surface area contributed by atoms with Crippen molar-refractivity contribution < 1.29 is 63.1 Å². The first kappa shape index (κ1) is 57.5. The summed E-state index contributed by atoms with van der Waals surface area (Å²) >= 11 is 0. The van der Waals surface area contributed by atoms with Crippen molar-refractivity contribution in [3.8, 4) is 0 Å². The summed E-state index contributed by atoms with van der Waals surface area (Å²) in [7, 11) is -5.15. The van der Waals surface area contributed by atoms with Gasteiger partial charge in [0, 0.05) is 12.8 Å². The number of aliphatic hydroxyl groups excluding tert-OH is 5. The Bertz CT molecular complexity index is 1510. The molecular formula is C49H77O13P. The quantitative estimate of drug-likeness (QED) is 0.0152. The van der Waals surface area contributed by atoms with E-state index in [0.717, 1.165) is 64.2 Å². The first-order valence-electron chi connectivity index (χ1n) is 22.7. The van der Waals surface area contributed by atoms with Gasteiger partial charge >= 0.3 is 19.8 Å². The second-order valence-electron chi connectivity index (χ2n) is 15.2. The van der Waals surface area contributed by atoms with Crippen LogP contribution in [0.4, 0.5) is 0 Å². The molecule has 1 aliphatic rings. The summed E-state index contributed by atoms with van der Waals surface area (Å²) in [5, 5.41) is 50.1. The van der Waals surface area contributed by atoms with E-state index >= 15 is 0 Å². The molecule has 356 valence electrons. The topological polar surface area (TPSA) is 210 Å². The van der Waals surface area contributed by atoms with E-state index in [1.807, 2.05) is 18.2 Å². The fourth-order valence-electron chi connectivity index (χ4n) is 5.96. The van der Waals surface area contributed by atoms with Crippen molar-refractivity contribution in [2.75, 3.05) is 13.2 Å². The highest BCUT2D eigenvalue weighted by atomic mass is 31.2. The molecule has 0 saturated heterocycles. The highest BCUT2D eigenvalue weighted by molar-refractivity contribution is 7.47. The normalized spacial score (nSPS) is 22.7. The molecule has 13 nitrogen and oxygen atoms in total. The SMILES string of the molecule is CC/C=C\C/C=C\C/C=C\C/C=C\C/C=C\C/C=C\CCC(=O)O[C@H](COC(=O)CCCC/C=C\C/C=C\C/C=C\CCCCC)COP(=O)(O)OC1C(O)C(O)C(O)[C@@H](O)C1O. The number of hydrogen-bond acceptors (Lipinski definition) is 12. The van der Waals surface area contributed by atoms with E-state index in [2.05, 4.69) is 105 Å². The molecule has 14 heteroatoms. The highest BCUT2D eigenvalue weighted by Crippen LogP contribution is 2.47. The van der Waals surface area contributed by atoms with E-state index in [1.54, 1.807) is 0 Å². The maximum absolute atomic E-state index is 12.8. The average molecular weight is 905 g/mol. The number of aliphatic hydroxyl groups is 5. The Morgan fingerprint density at radius 3 is 1.38 bits per heavy atom. The Morgan fingerprint density at radius 1 is 0.508 bits per heavy atom. The highest BCUT2D eigenvalue weighted by Gasteiger charge is 2.51. The second-order valence-corrected chi connectivity index (χ2v) is 16.6. The van der Waals surface area contributed by atoms with Crippen LogP contribution in [-0.4, -0.2) is 98.3 Å². The maximum Gasteiger partial charge on any atom is 0.472 e. The van der Waals surface area contributed by atoms with E-state index in [0.29, 0.717) is 19.3 Å². The number of ether oxygens (including phenoxy) is 2. The van der Waals surface area contributed by atoms with Gasteiger partial charge in [0.05, 0.1) is 6.61 Å². The molecule has 0 aliphatic heterocycles. The standard InChI is InChI=1S/C49H77O13P/c1-3-5-7-9-11-13-15-17-19-20-21-22-24-26-28-30-32-34-36-38-43(51)61-41(40-60-63(57,58)62-49-47(55)45(53)44(52)46(54)48(49)56)39-59-42(50)37-35-33-31-29-27-25-23-18-16-14-12-10-8-6-4-2/h5,7,11-14,17-19,21-23,26-29,32,34,41,44-49,52-56H,3-4,6,8-10,15-16,20,24-25,30-31,33,35-40H2,1-2H3,(H,57,58)/b7-5-,13-11-,14-12-,19-17-,22-21-,23-18-,28-26-,29-27-,34-32-/t41-,44?,45-,46?,47?,48?,49?/m1/s1. The summed E-state index contributed by atoms with van der Waals surface area (Å²) in [6, 6.07) is 0. The van der Waals surface area contributed by atoms with Gasteiger partial charge < -0.3 is 39.9 Å². The molecule has 1 fully saturated rings. The lowest BCUT2D eigenvalue weighted by Gasteiger charge is -2.41. The Balaban J connectivity index is 2.57. The zero-order valence-electron chi connectivity index (χ0n) is 37.6. The molecular weight excluding hydrogens is 828 g/mol. The summed E-state index contributed by atoms with van der Waals surface area (Å²) in [4.78, 5) is 35.6. The van der Waals surface area contributed by atoms with Gasteiger partial charge in [-0.25, -0.2) is 4.57 Å². The number of rotatable bonds is 35. The van der Waals surface area contributed by atoms with Gasteiger partial charge in [0.25, 0.3) is 0 Å². The van der Waals surface area contributed by atoms with Crippen molar-refractivity contribution in [1.82, 2.24) is 0 Å². The molecule has 0 aromatic heterocycles. The summed E-state index contributed by atoms with van der Waals surface area (Å²) in [6.07, 6.45) is 38.7. The zero-order valence-corrected chi connectivity index (χ0v) is 38.5. The van der Waals surface area contributed by atoms with Gasteiger partial charge in [0.15, 0.2) is 6.10 Å². The van der Waals surface area contributed by atoms with Gasteiger partial charge in [-0.3, -0.25) is 18.6 Å². The molecule has 0 spiro atoms. The smallest absolute Gasteiger partial charge is 0.462 e. The van der Waals surface area contributed by atoms with Gasteiger partial charge in [-0.05, 0) is 89.9 Å². The van der Waals surface area contributed by atoms with Crippen molar-refractivity contribution in [2.45, 2.75) is 172 Å². The largest absolute Gasteiger partial charge is 0.472 e. The third-order valence-electron chi connectivity index (χ3n) is 9.61. The van der Waals surface area contributed by atoms with E-state index in [-0.39, 0.29) is 12.8 Å². The van der Waals surface area contributed by atoms with Crippen LogP contribution in [-0.2, 0) is 32.7 Å². The van der Waals surface area contributed by atoms with Gasteiger partial charge in [0.2, 0.25) is 0 Å². The van der Waals surface area contributed by atoms with Crippen LogP contribution in [0.3, 0.4) is 0 Å². The number of hydrogen-bond donors (Lipinski definition) is 6. The van der Waals surface area contributed by atoms with Crippen molar-refractivity contribution in [1.29, 1.82) is 0 Å². The monoisotopic (exact) mass is 905 g/mol. The number of esters is 2. The minimum Gasteiger partial charge on any atom is -0.462 e. The van der Waals surface area contributed by atoms with Crippen LogP contribution in [0.1, 0.15) is 129 Å². The first-order chi connectivity index (χ1) is 30.4. The molecule has 6 unspecified atom stereocenters. The Kier molecular flexibility index (Phi) is 34.6. The van der Waals surface area contributed by atoms with E-state index in [4.69, 9.17) is 18.5 Å². The Labute approximate surface area is 376 Å². The van der Waals surface area contributed by atoms with Crippen LogP contribution in [0.25, 0.3) is 0 Å². The van der Waals surface area contributed by atoms with Gasteiger partial charge in [-0.15, -0.1) is 0 Å². The van der Waals surface area contributed by atoms with Gasteiger partial charge in [-0.2, -0.15) is 0 Å². The van der Waals surface area contributed by atoms with Crippen LogP contribution in [0, 0.1) is 0 Å². The molecule has 0 aromatic rings. The van der Waals surface area contributed by atoms with E-state index in [1.165, 1.54) is 19.3 Å².